The van der Waals surface area contributed by atoms with Crippen molar-refractivity contribution in [3.63, 3.8) is 0 Å². The molecule has 1 heterocycles. The predicted octanol–water partition coefficient (Wildman–Crippen LogP) is 3.16. The molecule has 3 heteroatoms. The number of aryl methyl sites for hydroxylation is 2. The predicted molar refractivity (Wildman–Crippen MR) is 77.8 cm³/mol. The normalized spacial score (nSPS) is 11.4. The van der Waals surface area contributed by atoms with Crippen LogP contribution in [0.1, 0.15) is 58.0 Å². The van der Waals surface area contributed by atoms with Crippen LogP contribution in [0.3, 0.4) is 0 Å². The van der Waals surface area contributed by atoms with E-state index in [1.165, 1.54) is 23.4 Å². The molecule has 1 N–H and O–H groups in total. The molecule has 0 amide bonds. The Balaban J connectivity index is 2.92. The molecule has 0 spiro atoms. The number of aromatic nitrogens is 2. The molecule has 0 aliphatic rings. The summed E-state index contributed by atoms with van der Waals surface area (Å²) in [4.78, 5) is 0. The lowest BCUT2D eigenvalue weighted by Crippen LogP contribution is -2.14. The van der Waals surface area contributed by atoms with Crippen molar-refractivity contribution in [2.75, 3.05) is 6.54 Å². The molecule has 1 aromatic heterocycles. The van der Waals surface area contributed by atoms with Gasteiger partial charge in [-0.05, 0) is 31.7 Å². The van der Waals surface area contributed by atoms with Gasteiger partial charge in [-0.3, -0.25) is 4.68 Å². The third-order valence-electron chi connectivity index (χ3n) is 3.39. The zero-order chi connectivity index (χ0) is 13.5. The third kappa shape index (κ3) is 3.84. The molecular formula is C15H29N3. The molecular weight excluding hydrogens is 222 g/mol. The van der Waals surface area contributed by atoms with Gasteiger partial charge in [-0.1, -0.05) is 34.6 Å². The fraction of sp³-hybridized carbons (Fsp3) is 0.800. The Hall–Kier alpha value is -0.830. The zero-order valence-electron chi connectivity index (χ0n) is 12.7. The first kappa shape index (κ1) is 15.2. The summed E-state index contributed by atoms with van der Waals surface area (Å²) < 4.78 is 2.24. The van der Waals surface area contributed by atoms with E-state index in [0.717, 1.165) is 38.4 Å². The van der Waals surface area contributed by atoms with Crippen LogP contribution in [-0.4, -0.2) is 16.3 Å². The number of nitrogens with zero attached hydrogens (tertiary/aromatic N) is 2. The molecule has 0 aromatic carbocycles. The molecule has 0 bridgehead atoms. The lowest BCUT2D eigenvalue weighted by molar-refractivity contribution is 0.474. The van der Waals surface area contributed by atoms with E-state index in [4.69, 9.17) is 5.10 Å². The Morgan fingerprint density at radius 2 is 1.89 bits per heavy atom. The molecule has 0 aliphatic heterocycles. The molecule has 0 radical (unpaired) electrons. The Bertz CT molecular complexity index is 353. The van der Waals surface area contributed by atoms with Crippen LogP contribution in [0.5, 0.6) is 0 Å². The van der Waals surface area contributed by atoms with E-state index in [1.807, 2.05) is 0 Å². The third-order valence-corrected chi connectivity index (χ3v) is 3.39. The minimum Gasteiger partial charge on any atom is -0.313 e. The fourth-order valence-electron chi connectivity index (χ4n) is 2.29. The summed E-state index contributed by atoms with van der Waals surface area (Å²) in [6.45, 7) is 14.2. The summed E-state index contributed by atoms with van der Waals surface area (Å²) in [7, 11) is 0. The van der Waals surface area contributed by atoms with E-state index < -0.39 is 0 Å². The number of hydrogen-bond acceptors (Lipinski definition) is 2. The van der Waals surface area contributed by atoms with Crippen LogP contribution in [0.4, 0.5) is 0 Å². The summed E-state index contributed by atoms with van der Waals surface area (Å²) in [5, 5.41) is 8.24. The van der Waals surface area contributed by atoms with Crippen LogP contribution in [0.25, 0.3) is 0 Å². The molecule has 1 rings (SSSR count). The highest BCUT2D eigenvalue weighted by molar-refractivity contribution is 5.26. The highest BCUT2D eigenvalue weighted by Crippen LogP contribution is 2.17. The largest absolute Gasteiger partial charge is 0.313 e. The molecule has 0 saturated carbocycles. The first-order valence-corrected chi connectivity index (χ1v) is 7.42. The van der Waals surface area contributed by atoms with Gasteiger partial charge in [0, 0.05) is 24.3 Å². The van der Waals surface area contributed by atoms with Gasteiger partial charge in [0.1, 0.15) is 0 Å². The van der Waals surface area contributed by atoms with E-state index in [0.29, 0.717) is 0 Å². The van der Waals surface area contributed by atoms with Crippen molar-refractivity contribution in [2.24, 2.45) is 5.92 Å². The number of rotatable bonds is 8. The summed E-state index contributed by atoms with van der Waals surface area (Å²) in [5.74, 6) is 0.737. The number of hydrogen-bond donors (Lipinski definition) is 1. The van der Waals surface area contributed by atoms with Gasteiger partial charge in [0.15, 0.2) is 0 Å². The molecule has 0 unspecified atom stereocenters. The second kappa shape index (κ2) is 7.57. The van der Waals surface area contributed by atoms with Crippen LogP contribution < -0.4 is 5.32 Å². The van der Waals surface area contributed by atoms with Crippen LogP contribution in [0, 0.1) is 5.92 Å². The molecule has 0 atom stereocenters. The highest BCUT2D eigenvalue weighted by Gasteiger charge is 2.14. The lowest BCUT2D eigenvalue weighted by atomic mass is 10.1. The minimum atomic E-state index is 0.737. The molecule has 18 heavy (non-hydrogen) atoms. The molecule has 1 aromatic rings. The number of nitrogens with one attached hydrogen (secondary N) is 1. The summed E-state index contributed by atoms with van der Waals surface area (Å²) in [6, 6.07) is 0. The first-order chi connectivity index (χ1) is 8.63. The molecule has 0 saturated heterocycles. The monoisotopic (exact) mass is 251 g/mol. The smallest absolute Gasteiger partial charge is 0.0669 e. The summed E-state index contributed by atoms with van der Waals surface area (Å²) in [5.41, 5.74) is 4.13. The fourth-order valence-corrected chi connectivity index (χ4v) is 2.29. The van der Waals surface area contributed by atoms with Gasteiger partial charge in [-0.2, -0.15) is 5.10 Å². The van der Waals surface area contributed by atoms with E-state index in [1.54, 1.807) is 0 Å². The van der Waals surface area contributed by atoms with E-state index in [-0.39, 0.29) is 0 Å². The Morgan fingerprint density at radius 3 is 2.39 bits per heavy atom. The SMILES string of the molecule is CCNCc1c(CC)nn(CCC(C)C)c1CC. The average Bonchev–Trinajstić information content (AvgIpc) is 2.70. The minimum absolute atomic E-state index is 0.737. The zero-order valence-corrected chi connectivity index (χ0v) is 12.7. The Morgan fingerprint density at radius 1 is 1.17 bits per heavy atom. The van der Waals surface area contributed by atoms with Crippen molar-refractivity contribution < 1.29 is 0 Å². The first-order valence-electron chi connectivity index (χ1n) is 7.42. The van der Waals surface area contributed by atoms with Crippen molar-refractivity contribution in [1.29, 1.82) is 0 Å². The van der Waals surface area contributed by atoms with Crippen molar-refractivity contribution in [3.8, 4) is 0 Å². The van der Waals surface area contributed by atoms with Crippen molar-refractivity contribution in [3.05, 3.63) is 17.0 Å². The van der Waals surface area contributed by atoms with Gasteiger partial charge in [-0.15, -0.1) is 0 Å². The molecule has 3 nitrogen and oxygen atoms in total. The van der Waals surface area contributed by atoms with E-state index in [9.17, 15) is 0 Å². The Kier molecular flexibility index (Phi) is 6.41. The van der Waals surface area contributed by atoms with Crippen molar-refractivity contribution in [1.82, 2.24) is 15.1 Å². The second-order valence-corrected chi connectivity index (χ2v) is 5.27. The van der Waals surface area contributed by atoms with Gasteiger partial charge >= 0.3 is 0 Å². The topological polar surface area (TPSA) is 29.9 Å². The summed E-state index contributed by atoms with van der Waals surface area (Å²) in [6.07, 6.45) is 3.31. The van der Waals surface area contributed by atoms with Crippen LogP contribution in [0.2, 0.25) is 0 Å². The molecule has 0 fully saturated rings. The second-order valence-electron chi connectivity index (χ2n) is 5.27. The van der Waals surface area contributed by atoms with Gasteiger partial charge in [0.2, 0.25) is 0 Å². The van der Waals surface area contributed by atoms with Gasteiger partial charge < -0.3 is 5.32 Å². The standard InChI is InChI=1S/C15H29N3/c1-6-14-13(11-16-8-3)15(7-2)18(17-14)10-9-12(4)5/h12,16H,6-11H2,1-5H3. The quantitative estimate of drug-likeness (QED) is 0.769. The maximum atomic E-state index is 4.80. The van der Waals surface area contributed by atoms with Gasteiger partial charge in [-0.25, -0.2) is 0 Å². The lowest BCUT2D eigenvalue weighted by Gasteiger charge is -2.09. The highest BCUT2D eigenvalue weighted by atomic mass is 15.3. The van der Waals surface area contributed by atoms with Crippen molar-refractivity contribution in [2.45, 2.75) is 67.0 Å². The van der Waals surface area contributed by atoms with Crippen LogP contribution >= 0.6 is 0 Å². The van der Waals surface area contributed by atoms with Crippen LogP contribution in [-0.2, 0) is 25.9 Å². The maximum absolute atomic E-state index is 4.80. The van der Waals surface area contributed by atoms with E-state index >= 15 is 0 Å². The molecule has 0 aliphatic carbocycles. The van der Waals surface area contributed by atoms with Crippen molar-refractivity contribution >= 4 is 0 Å². The Labute approximate surface area is 112 Å². The molecule has 104 valence electrons. The maximum Gasteiger partial charge on any atom is 0.0669 e. The average molecular weight is 251 g/mol. The van der Waals surface area contributed by atoms with Gasteiger partial charge in [0.25, 0.3) is 0 Å². The van der Waals surface area contributed by atoms with Gasteiger partial charge in [0.05, 0.1) is 5.69 Å². The van der Waals surface area contributed by atoms with E-state index in [2.05, 4.69) is 44.6 Å². The summed E-state index contributed by atoms with van der Waals surface area (Å²) >= 11 is 0. The van der Waals surface area contributed by atoms with Crippen LogP contribution in [0.15, 0.2) is 0 Å².